The molecule has 1 aromatic rings. The van der Waals surface area contributed by atoms with Gasteiger partial charge in [0.1, 0.15) is 0 Å². The van der Waals surface area contributed by atoms with Gasteiger partial charge in [-0.15, -0.1) is 0 Å². The van der Waals surface area contributed by atoms with E-state index in [4.69, 9.17) is 5.73 Å². The maximum absolute atomic E-state index is 6.17. The third-order valence-electron chi connectivity index (χ3n) is 5.29. The van der Waals surface area contributed by atoms with Crippen LogP contribution >= 0.6 is 15.9 Å². The highest BCUT2D eigenvalue weighted by Gasteiger charge is 2.50. The lowest BCUT2D eigenvalue weighted by Gasteiger charge is -2.37. The van der Waals surface area contributed by atoms with Gasteiger partial charge in [-0.2, -0.15) is 5.10 Å². The number of aromatic nitrogens is 2. The summed E-state index contributed by atoms with van der Waals surface area (Å²) in [5, 5.41) is 4.51. The molecule has 18 heavy (non-hydrogen) atoms. The van der Waals surface area contributed by atoms with Crippen molar-refractivity contribution in [2.75, 3.05) is 6.54 Å². The number of rotatable bonds is 3. The molecule has 3 rings (SSSR count). The Hall–Kier alpha value is -0.350. The molecule has 1 aromatic heterocycles. The molecule has 3 nitrogen and oxygen atoms in total. The summed E-state index contributed by atoms with van der Waals surface area (Å²) in [5.41, 5.74) is 8.91. The van der Waals surface area contributed by atoms with E-state index in [-0.39, 0.29) is 0 Å². The summed E-state index contributed by atoms with van der Waals surface area (Å²) in [6, 6.07) is 0. The van der Waals surface area contributed by atoms with Gasteiger partial charge in [-0.1, -0.05) is 6.42 Å². The first kappa shape index (κ1) is 12.7. The monoisotopic (exact) mass is 311 g/mol. The Labute approximate surface area is 117 Å². The SMILES string of the molecule is Cc1nn(C)c(CC2(CN)CC3CCC2C3)c1Br. The van der Waals surface area contributed by atoms with E-state index in [1.54, 1.807) is 0 Å². The van der Waals surface area contributed by atoms with Crippen molar-refractivity contribution >= 4 is 15.9 Å². The van der Waals surface area contributed by atoms with E-state index in [1.165, 1.54) is 35.8 Å². The Balaban J connectivity index is 1.91. The summed E-state index contributed by atoms with van der Waals surface area (Å²) in [5.74, 6) is 1.78. The molecule has 0 saturated heterocycles. The highest BCUT2D eigenvalue weighted by Crippen LogP contribution is 2.57. The standard InChI is InChI=1S/C14H22BrN3/c1-9-13(15)12(18(2)17-9)7-14(8-16)6-10-3-4-11(14)5-10/h10-11H,3-8,16H2,1-2H3. The third-order valence-corrected chi connectivity index (χ3v) is 6.32. The third kappa shape index (κ3) is 1.76. The van der Waals surface area contributed by atoms with E-state index in [0.717, 1.165) is 30.5 Å². The number of fused-ring (bicyclic) bond motifs is 2. The first-order chi connectivity index (χ1) is 8.55. The Morgan fingerprint density at radius 2 is 2.28 bits per heavy atom. The molecule has 0 amide bonds. The highest BCUT2D eigenvalue weighted by atomic mass is 79.9. The minimum Gasteiger partial charge on any atom is -0.330 e. The second kappa shape index (κ2) is 4.34. The van der Waals surface area contributed by atoms with Crippen molar-refractivity contribution in [3.8, 4) is 0 Å². The summed E-state index contributed by atoms with van der Waals surface area (Å²) in [4.78, 5) is 0. The van der Waals surface area contributed by atoms with Gasteiger partial charge in [-0.3, -0.25) is 4.68 Å². The fraction of sp³-hybridized carbons (Fsp3) is 0.786. The molecule has 100 valence electrons. The van der Waals surface area contributed by atoms with Gasteiger partial charge in [0, 0.05) is 7.05 Å². The minimum atomic E-state index is 0.339. The molecule has 3 unspecified atom stereocenters. The van der Waals surface area contributed by atoms with Crippen LogP contribution < -0.4 is 5.73 Å². The maximum Gasteiger partial charge on any atom is 0.0738 e. The quantitative estimate of drug-likeness (QED) is 0.933. The Kier molecular flexibility index (Phi) is 3.06. The molecule has 4 heteroatoms. The van der Waals surface area contributed by atoms with Crippen molar-refractivity contribution in [3.63, 3.8) is 0 Å². The molecule has 2 aliphatic carbocycles. The van der Waals surface area contributed by atoms with Crippen LogP contribution in [0.15, 0.2) is 4.47 Å². The van der Waals surface area contributed by atoms with Crippen LogP contribution in [0.5, 0.6) is 0 Å². The number of aryl methyl sites for hydroxylation is 2. The van der Waals surface area contributed by atoms with E-state index < -0.39 is 0 Å². The van der Waals surface area contributed by atoms with Crippen molar-refractivity contribution in [2.45, 2.75) is 39.0 Å². The van der Waals surface area contributed by atoms with Crippen LogP contribution in [-0.4, -0.2) is 16.3 Å². The number of hydrogen-bond donors (Lipinski definition) is 1. The van der Waals surface area contributed by atoms with Crippen LogP contribution in [-0.2, 0) is 13.5 Å². The van der Waals surface area contributed by atoms with Gasteiger partial charge >= 0.3 is 0 Å². The van der Waals surface area contributed by atoms with Gasteiger partial charge in [0.2, 0.25) is 0 Å². The van der Waals surface area contributed by atoms with E-state index >= 15 is 0 Å². The van der Waals surface area contributed by atoms with Gasteiger partial charge in [-0.05, 0) is 72.3 Å². The zero-order chi connectivity index (χ0) is 12.9. The van der Waals surface area contributed by atoms with Gasteiger partial charge < -0.3 is 5.73 Å². The zero-order valence-corrected chi connectivity index (χ0v) is 12.8. The molecular weight excluding hydrogens is 290 g/mol. The maximum atomic E-state index is 6.17. The van der Waals surface area contributed by atoms with Crippen LogP contribution in [0.1, 0.15) is 37.1 Å². The number of hydrogen-bond acceptors (Lipinski definition) is 2. The topological polar surface area (TPSA) is 43.8 Å². The van der Waals surface area contributed by atoms with Crippen LogP contribution in [0, 0.1) is 24.2 Å². The molecule has 0 radical (unpaired) electrons. The number of nitrogens with zero attached hydrogens (tertiary/aromatic N) is 2. The van der Waals surface area contributed by atoms with Crippen molar-refractivity contribution in [1.29, 1.82) is 0 Å². The predicted molar refractivity (Wildman–Crippen MR) is 76.3 cm³/mol. The van der Waals surface area contributed by atoms with E-state index in [0.29, 0.717) is 5.41 Å². The van der Waals surface area contributed by atoms with E-state index in [9.17, 15) is 0 Å². The Morgan fingerprint density at radius 3 is 2.72 bits per heavy atom. The predicted octanol–water partition coefficient (Wildman–Crippen LogP) is 2.80. The Bertz CT molecular complexity index is 468. The summed E-state index contributed by atoms with van der Waals surface area (Å²) in [6.07, 6.45) is 6.63. The second-order valence-corrected chi connectivity index (χ2v) is 7.09. The van der Waals surface area contributed by atoms with Gasteiger partial charge in [0.05, 0.1) is 15.9 Å². The molecule has 0 aromatic carbocycles. The zero-order valence-electron chi connectivity index (χ0n) is 11.2. The average Bonchev–Trinajstić information content (AvgIpc) is 3.00. The summed E-state index contributed by atoms with van der Waals surface area (Å²) < 4.78 is 3.21. The molecule has 2 bridgehead atoms. The van der Waals surface area contributed by atoms with Crippen molar-refractivity contribution < 1.29 is 0 Å². The highest BCUT2D eigenvalue weighted by molar-refractivity contribution is 9.10. The number of nitrogens with two attached hydrogens (primary N) is 1. The summed E-state index contributed by atoms with van der Waals surface area (Å²) >= 11 is 3.69. The summed E-state index contributed by atoms with van der Waals surface area (Å²) in [6.45, 7) is 2.88. The largest absolute Gasteiger partial charge is 0.330 e. The molecule has 2 fully saturated rings. The molecule has 2 aliphatic rings. The molecule has 1 heterocycles. The normalized spacial score (nSPS) is 34.4. The van der Waals surface area contributed by atoms with Gasteiger partial charge in [0.25, 0.3) is 0 Å². The average molecular weight is 312 g/mol. The van der Waals surface area contributed by atoms with Crippen LogP contribution in [0.3, 0.4) is 0 Å². The summed E-state index contributed by atoms with van der Waals surface area (Å²) in [7, 11) is 2.05. The lowest BCUT2D eigenvalue weighted by Crippen LogP contribution is -2.38. The lowest BCUT2D eigenvalue weighted by molar-refractivity contribution is 0.168. The van der Waals surface area contributed by atoms with Gasteiger partial charge in [0.15, 0.2) is 0 Å². The molecule has 0 spiro atoms. The smallest absolute Gasteiger partial charge is 0.0738 e. The Morgan fingerprint density at radius 1 is 1.50 bits per heavy atom. The first-order valence-corrected chi connectivity index (χ1v) is 7.73. The number of halogens is 1. The molecular formula is C14H22BrN3. The second-order valence-electron chi connectivity index (χ2n) is 6.29. The minimum absolute atomic E-state index is 0.339. The van der Waals surface area contributed by atoms with Crippen LogP contribution in [0.2, 0.25) is 0 Å². The van der Waals surface area contributed by atoms with Crippen molar-refractivity contribution in [2.24, 2.45) is 30.0 Å². The van der Waals surface area contributed by atoms with Crippen LogP contribution in [0.25, 0.3) is 0 Å². The van der Waals surface area contributed by atoms with Crippen molar-refractivity contribution in [1.82, 2.24) is 9.78 Å². The van der Waals surface area contributed by atoms with Crippen LogP contribution in [0.4, 0.5) is 0 Å². The fourth-order valence-corrected chi connectivity index (χ4v) is 4.78. The molecule has 3 atom stereocenters. The van der Waals surface area contributed by atoms with Crippen molar-refractivity contribution in [3.05, 3.63) is 15.9 Å². The van der Waals surface area contributed by atoms with Gasteiger partial charge in [-0.25, -0.2) is 0 Å². The van der Waals surface area contributed by atoms with E-state index in [1.807, 2.05) is 11.7 Å². The molecule has 0 aliphatic heterocycles. The fourth-order valence-electron chi connectivity index (χ4n) is 4.30. The lowest BCUT2D eigenvalue weighted by atomic mass is 9.70. The molecule has 2 saturated carbocycles. The van der Waals surface area contributed by atoms with E-state index in [2.05, 4.69) is 28.0 Å². The first-order valence-electron chi connectivity index (χ1n) is 6.94. The molecule has 2 N–H and O–H groups in total.